The summed E-state index contributed by atoms with van der Waals surface area (Å²) in [6, 6.07) is 8.32. The number of nitrogens with one attached hydrogen (secondary N) is 1. The van der Waals surface area contributed by atoms with Gasteiger partial charge in [-0.05, 0) is 92.9 Å². The lowest BCUT2D eigenvalue weighted by atomic mass is 9.53. The van der Waals surface area contributed by atoms with E-state index in [9.17, 15) is 5.11 Å². The molecule has 6 rings (SSSR count). The smallest absolute Gasteiger partial charge is 0.118 e. The predicted octanol–water partition coefficient (Wildman–Crippen LogP) is 3.50. The number of hydrogen-bond acceptors (Lipinski definition) is 3. The van der Waals surface area contributed by atoms with Crippen LogP contribution in [0.5, 0.6) is 5.75 Å². The van der Waals surface area contributed by atoms with Gasteiger partial charge in [0.1, 0.15) is 5.75 Å². The number of benzene rings is 1. The normalized spacial score (nSPS) is 44.1. The van der Waals surface area contributed by atoms with E-state index in [0.29, 0.717) is 11.5 Å². The van der Waals surface area contributed by atoms with Crippen molar-refractivity contribution in [2.75, 3.05) is 20.3 Å². The van der Waals surface area contributed by atoms with Crippen molar-refractivity contribution in [1.82, 2.24) is 5.32 Å². The average molecular weight is 341 g/mol. The minimum absolute atomic E-state index is 0.0262. The van der Waals surface area contributed by atoms with Crippen molar-refractivity contribution in [3.05, 3.63) is 29.8 Å². The summed E-state index contributed by atoms with van der Waals surface area (Å²) in [5, 5.41) is 14.1. The van der Waals surface area contributed by atoms with E-state index in [1.54, 1.807) is 7.11 Å². The maximum absolute atomic E-state index is 10.1. The molecule has 2 N–H and O–H groups in total. The Labute approximate surface area is 151 Å². The van der Waals surface area contributed by atoms with Crippen LogP contribution in [0.1, 0.15) is 50.5 Å². The standard InChI is InChI=1S/C22H31NO2/c1-25-20-4-2-18(3-5-20)22(14-24)12-19(22)13-23-21-9-15-6-16(10-21)8-17(7-15)11-21/h2-5,15-17,19,23-24H,6-14H2,1H3/t15?,16?,17?,19-,21?,22+/m1/s1. The second-order valence-electron chi connectivity index (χ2n) is 9.52. The summed E-state index contributed by atoms with van der Waals surface area (Å²) in [6.07, 6.45) is 9.81. The Morgan fingerprint density at radius 1 is 1.00 bits per heavy atom. The fraction of sp³-hybridized carbons (Fsp3) is 0.727. The van der Waals surface area contributed by atoms with Crippen LogP contribution in [0.25, 0.3) is 0 Å². The summed E-state index contributed by atoms with van der Waals surface area (Å²) < 4.78 is 5.27. The minimum Gasteiger partial charge on any atom is -0.497 e. The molecule has 0 saturated heterocycles. The minimum atomic E-state index is -0.0262. The fourth-order valence-corrected chi connectivity index (χ4v) is 6.88. The van der Waals surface area contributed by atoms with E-state index < -0.39 is 0 Å². The molecule has 0 aliphatic heterocycles. The van der Waals surface area contributed by atoms with Crippen molar-refractivity contribution in [3.8, 4) is 5.75 Å². The number of aliphatic hydroxyl groups is 1. The van der Waals surface area contributed by atoms with Crippen LogP contribution in [0.2, 0.25) is 0 Å². The van der Waals surface area contributed by atoms with Gasteiger partial charge in [-0.3, -0.25) is 0 Å². The Morgan fingerprint density at radius 3 is 2.12 bits per heavy atom. The van der Waals surface area contributed by atoms with E-state index in [1.165, 1.54) is 44.1 Å². The zero-order chi connectivity index (χ0) is 17.1. The van der Waals surface area contributed by atoms with Crippen LogP contribution in [0.3, 0.4) is 0 Å². The lowest BCUT2D eigenvalue weighted by molar-refractivity contribution is -0.0203. The summed E-state index contributed by atoms with van der Waals surface area (Å²) in [5.41, 5.74) is 1.67. The van der Waals surface area contributed by atoms with Crippen LogP contribution in [0, 0.1) is 23.7 Å². The summed E-state index contributed by atoms with van der Waals surface area (Å²) in [6.45, 7) is 1.32. The fourth-order valence-electron chi connectivity index (χ4n) is 6.88. The van der Waals surface area contributed by atoms with Gasteiger partial charge in [-0.1, -0.05) is 12.1 Å². The van der Waals surface area contributed by atoms with Crippen LogP contribution >= 0.6 is 0 Å². The summed E-state index contributed by atoms with van der Waals surface area (Å²) in [4.78, 5) is 0. The third kappa shape index (κ3) is 2.62. The number of methoxy groups -OCH3 is 1. The van der Waals surface area contributed by atoms with Crippen molar-refractivity contribution >= 4 is 0 Å². The van der Waals surface area contributed by atoms with Crippen LogP contribution < -0.4 is 10.1 Å². The molecule has 1 aromatic carbocycles. The topological polar surface area (TPSA) is 41.5 Å². The van der Waals surface area contributed by atoms with Gasteiger partial charge < -0.3 is 15.2 Å². The van der Waals surface area contributed by atoms with Gasteiger partial charge in [0.25, 0.3) is 0 Å². The second-order valence-corrected chi connectivity index (χ2v) is 9.52. The van der Waals surface area contributed by atoms with E-state index in [4.69, 9.17) is 4.74 Å². The zero-order valence-corrected chi connectivity index (χ0v) is 15.3. The van der Waals surface area contributed by atoms with Crippen LogP contribution in [-0.4, -0.2) is 30.9 Å². The van der Waals surface area contributed by atoms with Crippen molar-refractivity contribution < 1.29 is 9.84 Å². The molecule has 0 radical (unpaired) electrons. The molecule has 25 heavy (non-hydrogen) atoms. The summed E-state index contributed by atoms with van der Waals surface area (Å²) in [5.74, 6) is 4.42. The Hall–Kier alpha value is -1.06. The Balaban J connectivity index is 1.26. The van der Waals surface area contributed by atoms with Gasteiger partial charge in [0.2, 0.25) is 0 Å². The molecule has 0 aromatic heterocycles. The molecule has 136 valence electrons. The largest absolute Gasteiger partial charge is 0.497 e. The number of hydrogen-bond donors (Lipinski definition) is 2. The van der Waals surface area contributed by atoms with Crippen molar-refractivity contribution in [1.29, 1.82) is 0 Å². The van der Waals surface area contributed by atoms with Gasteiger partial charge >= 0.3 is 0 Å². The number of rotatable bonds is 6. The highest BCUT2D eigenvalue weighted by Crippen LogP contribution is 2.57. The maximum atomic E-state index is 10.1. The van der Waals surface area contributed by atoms with Gasteiger partial charge in [0.05, 0.1) is 13.7 Å². The van der Waals surface area contributed by atoms with E-state index in [-0.39, 0.29) is 12.0 Å². The molecule has 0 amide bonds. The van der Waals surface area contributed by atoms with Crippen molar-refractivity contribution in [2.24, 2.45) is 23.7 Å². The zero-order valence-electron chi connectivity index (χ0n) is 15.3. The first kappa shape index (κ1) is 16.1. The first-order chi connectivity index (χ1) is 12.1. The van der Waals surface area contributed by atoms with E-state index in [1.807, 2.05) is 12.1 Å². The molecule has 5 fully saturated rings. The Bertz CT molecular complexity index is 605. The van der Waals surface area contributed by atoms with Gasteiger partial charge in [-0.2, -0.15) is 0 Å². The third-order valence-electron chi connectivity index (χ3n) is 7.94. The molecular formula is C22H31NO2. The van der Waals surface area contributed by atoms with Crippen molar-refractivity contribution in [2.45, 2.75) is 55.9 Å². The lowest BCUT2D eigenvalue weighted by Gasteiger charge is -2.57. The molecule has 2 atom stereocenters. The van der Waals surface area contributed by atoms with E-state index in [2.05, 4.69) is 17.4 Å². The third-order valence-corrected chi connectivity index (χ3v) is 7.94. The summed E-state index contributed by atoms with van der Waals surface area (Å²) >= 11 is 0. The highest BCUT2D eigenvalue weighted by molar-refractivity contribution is 5.38. The molecule has 0 spiro atoms. The lowest BCUT2D eigenvalue weighted by Crippen LogP contribution is -2.58. The highest BCUT2D eigenvalue weighted by Gasteiger charge is 2.56. The monoisotopic (exact) mass is 341 g/mol. The quantitative estimate of drug-likeness (QED) is 0.832. The molecule has 0 unspecified atom stereocenters. The molecule has 0 heterocycles. The second kappa shape index (κ2) is 5.72. The number of aliphatic hydroxyl groups excluding tert-OH is 1. The predicted molar refractivity (Wildman–Crippen MR) is 98.8 cm³/mol. The summed E-state index contributed by atoms with van der Waals surface area (Å²) in [7, 11) is 1.70. The molecule has 3 nitrogen and oxygen atoms in total. The van der Waals surface area contributed by atoms with Gasteiger partial charge in [-0.15, -0.1) is 0 Å². The van der Waals surface area contributed by atoms with Crippen LogP contribution in [-0.2, 0) is 5.41 Å². The van der Waals surface area contributed by atoms with Gasteiger partial charge in [0.15, 0.2) is 0 Å². The Morgan fingerprint density at radius 2 is 1.60 bits per heavy atom. The highest BCUT2D eigenvalue weighted by atomic mass is 16.5. The molecule has 5 saturated carbocycles. The molecule has 1 aromatic rings. The first-order valence-corrected chi connectivity index (χ1v) is 10.2. The Kier molecular flexibility index (Phi) is 3.69. The van der Waals surface area contributed by atoms with Crippen LogP contribution in [0.15, 0.2) is 24.3 Å². The molecule has 5 aliphatic rings. The first-order valence-electron chi connectivity index (χ1n) is 10.2. The maximum Gasteiger partial charge on any atom is 0.118 e. The van der Waals surface area contributed by atoms with E-state index in [0.717, 1.165) is 36.5 Å². The van der Waals surface area contributed by atoms with Crippen LogP contribution in [0.4, 0.5) is 0 Å². The van der Waals surface area contributed by atoms with Crippen molar-refractivity contribution in [3.63, 3.8) is 0 Å². The van der Waals surface area contributed by atoms with E-state index >= 15 is 0 Å². The van der Waals surface area contributed by atoms with Gasteiger partial charge in [0, 0.05) is 11.0 Å². The molecule has 4 bridgehead atoms. The SMILES string of the molecule is COc1ccc([C@@]2(CO)C[C@@H]2CNC23CC4CC(CC(C4)C2)C3)cc1. The average Bonchev–Trinajstić information content (AvgIpc) is 3.34. The molecule has 5 aliphatic carbocycles. The number of ether oxygens (including phenoxy) is 1. The molecule has 3 heteroatoms. The van der Waals surface area contributed by atoms with Gasteiger partial charge in [-0.25, -0.2) is 0 Å². The molecular weight excluding hydrogens is 310 g/mol.